The van der Waals surface area contributed by atoms with Gasteiger partial charge in [-0.1, -0.05) is 30.3 Å². The largest absolute Gasteiger partial charge is 0.504 e. The number of unbranched alkanes of at least 4 members (excludes halogenated alkanes) is 2. The number of phenols is 1. The van der Waals surface area contributed by atoms with Gasteiger partial charge >= 0.3 is 0 Å². The third-order valence-corrected chi connectivity index (χ3v) is 3.66. The maximum absolute atomic E-state index is 11.8. The molecule has 1 aromatic rings. The first-order valence-electron chi connectivity index (χ1n) is 8.37. The first-order valence-corrected chi connectivity index (χ1v) is 8.37. The molecule has 0 radical (unpaired) electrons. The van der Waals surface area contributed by atoms with E-state index >= 15 is 0 Å². The van der Waals surface area contributed by atoms with Gasteiger partial charge in [0.15, 0.2) is 11.5 Å². The van der Waals surface area contributed by atoms with Gasteiger partial charge in [0, 0.05) is 24.4 Å². The van der Waals surface area contributed by atoms with Crippen molar-refractivity contribution in [3.8, 4) is 11.5 Å². The Labute approximate surface area is 148 Å². The summed E-state index contributed by atoms with van der Waals surface area (Å²) < 4.78 is 5.04. The quantitative estimate of drug-likeness (QED) is 0.207. The molecule has 0 heterocycles. The second-order valence-corrected chi connectivity index (χ2v) is 5.85. The Balaban J connectivity index is 2.19. The van der Waals surface area contributed by atoms with E-state index in [4.69, 9.17) is 10.3 Å². The summed E-state index contributed by atoms with van der Waals surface area (Å²) in [6.45, 7) is 2.88. The second-order valence-electron chi connectivity index (χ2n) is 5.85. The number of rotatable bonds is 11. The predicted octanol–water partition coefficient (Wildman–Crippen LogP) is 4.08. The van der Waals surface area contributed by atoms with E-state index < -0.39 is 0 Å². The lowest BCUT2D eigenvalue weighted by Crippen LogP contribution is -2.22. The molecule has 2 N–H and O–H groups in total. The van der Waals surface area contributed by atoms with E-state index in [1.165, 1.54) is 7.11 Å². The van der Waals surface area contributed by atoms with Gasteiger partial charge in [0.1, 0.15) is 0 Å². The number of amides is 1. The second kappa shape index (κ2) is 11.8. The number of allylic oxidation sites excluding steroid dienone is 1. The molecule has 0 spiro atoms. The highest BCUT2D eigenvalue weighted by atomic mass is 16.5. The van der Waals surface area contributed by atoms with Crippen LogP contribution < -0.4 is 10.1 Å². The molecule has 7 nitrogen and oxygen atoms in total. The van der Waals surface area contributed by atoms with Gasteiger partial charge in [-0.05, 0) is 48.4 Å². The molecule has 0 aliphatic carbocycles. The maximum Gasteiger partial charge on any atom is 0.220 e. The van der Waals surface area contributed by atoms with Crippen LogP contribution in [0.3, 0.4) is 0 Å². The van der Waals surface area contributed by atoms with Crippen molar-refractivity contribution in [1.29, 1.82) is 0 Å². The molecule has 1 atom stereocenters. The van der Waals surface area contributed by atoms with Crippen molar-refractivity contribution >= 4 is 5.91 Å². The van der Waals surface area contributed by atoms with Crippen molar-refractivity contribution in [3.63, 3.8) is 0 Å². The van der Waals surface area contributed by atoms with Crippen LogP contribution in [0.5, 0.6) is 11.5 Å². The number of aromatic hydroxyl groups is 1. The van der Waals surface area contributed by atoms with Crippen molar-refractivity contribution in [2.24, 2.45) is 11.0 Å². The van der Waals surface area contributed by atoms with E-state index in [1.54, 1.807) is 18.2 Å². The number of hydrogen-bond acceptors (Lipinski definition) is 4. The topological polar surface area (TPSA) is 107 Å². The summed E-state index contributed by atoms with van der Waals surface area (Å²) in [5.41, 5.74) is 9.12. The van der Waals surface area contributed by atoms with E-state index in [1.807, 2.05) is 13.0 Å². The van der Waals surface area contributed by atoms with Crippen LogP contribution in [0.15, 0.2) is 35.5 Å². The Morgan fingerprint density at radius 3 is 3.00 bits per heavy atom. The minimum absolute atomic E-state index is 0.00717. The zero-order valence-electron chi connectivity index (χ0n) is 14.8. The molecule has 136 valence electrons. The number of nitrogens with zero attached hydrogens (tertiary/aromatic N) is 3. The number of nitrogens with one attached hydrogen (secondary N) is 1. The summed E-state index contributed by atoms with van der Waals surface area (Å²) in [5, 5.41) is 15.9. The Morgan fingerprint density at radius 1 is 1.48 bits per heavy atom. The van der Waals surface area contributed by atoms with Crippen LogP contribution in [0.4, 0.5) is 0 Å². The monoisotopic (exact) mass is 346 g/mol. The maximum atomic E-state index is 11.8. The fourth-order valence-corrected chi connectivity index (χ4v) is 2.22. The third-order valence-electron chi connectivity index (χ3n) is 3.66. The highest BCUT2D eigenvalue weighted by Gasteiger charge is 2.05. The van der Waals surface area contributed by atoms with Gasteiger partial charge in [-0.25, -0.2) is 0 Å². The van der Waals surface area contributed by atoms with Crippen LogP contribution in [0, 0.1) is 5.92 Å². The number of methoxy groups -OCH3 is 1. The van der Waals surface area contributed by atoms with E-state index in [9.17, 15) is 9.90 Å². The minimum atomic E-state index is 0.00717. The highest BCUT2D eigenvalue weighted by Crippen LogP contribution is 2.26. The molecule has 1 amide bonds. The van der Waals surface area contributed by atoms with Crippen molar-refractivity contribution in [3.05, 3.63) is 46.4 Å². The first-order chi connectivity index (χ1) is 12.1. The van der Waals surface area contributed by atoms with E-state index in [-0.39, 0.29) is 17.6 Å². The molecule has 0 fully saturated rings. The van der Waals surface area contributed by atoms with Crippen LogP contribution >= 0.6 is 0 Å². The first kappa shape index (κ1) is 20.4. The van der Waals surface area contributed by atoms with Crippen LogP contribution in [0.25, 0.3) is 10.4 Å². The normalized spacial score (nSPS) is 11.8. The Bertz CT molecular complexity index is 625. The van der Waals surface area contributed by atoms with Gasteiger partial charge in [0.25, 0.3) is 0 Å². The van der Waals surface area contributed by atoms with Crippen molar-refractivity contribution < 1.29 is 14.6 Å². The van der Waals surface area contributed by atoms with E-state index in [2.05, 4.69) is 21.4 Å². The zero-order chi connectivity index (χ0) is 18.5. The molecule has 25 heavy (non-hydrogen) atoms. The molecule has 0 saturated heterocycles. The molecular formula is C18H26N4O3. The zero-order valence-corrected chi connectivity index (χ0v) is 14.8. The number of benzene rings is 1. The Morgan fingerprint density at radius 2 is 2.28 bits per heavy atom. The number of hydrogen-bond donors (Lipinski definition) is 2. The number of carbonyl (C=O) groups is 1. The standard InChI is InChI=1S/C18H26N4O3/c1-14(12-21-22-19)7-5-3-4-6-8-18(24)20-13-15-9-10-16(23)17(11-15)25-2/h5,7,9-11,14,23H,3-4,6,8,12-13H2,1-2H3,(H,20,24)/b7-5+. The number of ether oxygens (including phenoxy) is 1. The van der Waals surface area contributed by atoms with Crippen molar-refractivity contribution in [1.82, 2.24) is 5.32 Å². The molecule has 0 aliphatic heterocycles. The molecule has 1 rings (SSSR count). The molecule has 1 unspecified atom stereocenters. The Kier molecular flexibility index (Phi) is 9.63. The summed E-state index contributed by atoms with van der Waals surface area (Å²) in [6.07, 6.45) is 7.25. The average molecular weight is 346 g/mol. The summed E-state index contributed by atoms with van der Waals surface area (Å²) in [6, 6.07) is 5.01. The van der Waals surface area contributed by atoms with E-state index in [0.29, 0.717) is 25.3 Å². The van der Waals surface area contributed by atoms with Crippen molar-refractivity contribution in [2.75, 3.05) is 13.7 Å². The Hall–Kier alpha value is -2.66. The fourth-order valence-electron chi connectivity index (χ4n) is 2.22. The smallest absolute Gasteiger partial charge is 0.220 e. The van der Waals surface area contributed by atoms with Crippen LogP contribution in [0.1, 0.15) is 38.2 Å². The molecule has 0 aliphatic rings. The SMILES string of the molecule is COc1cc(CNC(=O)CCCC/C=C/C(C)CN=[N+]=[N-])ccc1O. The van der Waals surface area contributed by atoms with Gasteiger partial charge < -0.3 is 15.2 Å². The molecule has 0 aromatic heterocycles. The van der Waals surface area contributed by atoms with Gasteiger partial charge in [-0.15, -0.1) is 0 Å². The molecule has 7 heteroatoms. The fraction of sp³-hybridized carbons (Fsp3) is 0.500. The lowest BCUT2D eigenvalue weighted by molar-refractivity contribution is -0.121. The van der Waals surface area contributed by atoms with E-state index in [0.717, 1.165) is 24.8 Å². The summed E-state index contributed by atoms with van der Waals surface area (Å²) >= 11 is 0. The van der Waals surface area contributed by atoms with Gasteiger partial charge in [-0.2, -0.15) is 0 Å². The highest BCUT2D eigenvalue weighted by molar-refractivity contribution is 5.75. The van der Waals surface area contributed by atoms with Crippen LogP contribution in [-0.4, -0.2) is 24.7 Å². The van der Waals surface area contributed by atoms with Crippen molar-refractivity contribution in [2.45, 2.75) is 39.2 Å². The van der Waals surface area contributed by atoms with Gasteiger partial charge in [0.05, 0.1) is 7.11 Å². The lowest BCUT2D eigenvalue weighted by atomic mass is 10.1. The number of carbonyl (C=O) groups excluding carboxylic acids is 1. The average Bonchev–Trinajstić information content (AvgIpc) is 2.62. The number of azide groups is 1. The summed E-state index contributed by atoms with van der Waals surface area (Å²) in [5.74, 6) is 0.724. The molecular weight excluding hydrogens is 320 g/mol. The molecule has 1 aromatic carbocycles. The van der Waals surface area contributed by atoms with Crippen LogP contribution in [0.2, 0.25) is 0 Å². The molecule has 0 saturated carbocycles. The molecule has 0 bridgehead atoms. The van der Waals surface area contributed by atoms with Gasteiger partial charge in [0.2, 0.25) is 5.91 Å². The van der Waals surface area contributed by atoms with Gasteiger partial charge in [-0.3, -0.25) is 4.79 Å². The lowest BCUT2D eigenvalue weighted by Gasteiger charge is -2.08. The minimum Gasteiger partial charge on any atom is -0.504 e. The predicted molar refractivity (Wildman–Crippen MR) is 97.3 cm³/mol. The third kappa shape index (κ3) is 8.67. The summed E-state index contributed by atoms with van der Waals surface area (Å²) in [4.78, 5) is 14.6. The number of phenolic OH excluding ortho intramolecular Hbond substituents is 1. The summed E-state index contributed by atoms with van der Waals surface area (Å²) in [7, 11) is 1.49. The van der Waals surface area contributed by atoms with Crippen LogP contribution in [-0.2, 0) is 11.3 Å².